The molecule has 0 radical (unpaired) electrons. The highest BCUT2D eigenvalue weighted by atomic mass is 16.6. The lowest BCUT2D eigenvalue weighted by atomic mass is 10.1. The van der Waals surface area contributed by atoms with Crippen LogP contribution in [0.4, 0.5) is 21.4 Å². The van der Waals surface area contributed by atoms with E-state index in [1.807, 2.05) is 0 Å². The summed E-state index contributed by atoms with van der Waals surface area (Å²) < 4.78 is 16.8. The van der Waals surface area contributed by atoms with E-state index < -0.39 is 29.4 Å². The first-order valence-electron chi connectivity index (χ1n) is 12.9. The summed E-state index contributed by atoms with van der Waals surface area (Å²) in [5.41, 5.74) is 0.405. The molecule has 13 heteroatoms. The summed E-state index contributed by atoms with van der Waals surface area (Å²) in [7, 11) is 0. The standard InChI is InChI=1S/C28H32N6O7/c1-27(2,3)40-25(37)34(26(38)41-28(4,5)6)24-29-12-10-19(33-24)18-15-31-22(17-11-13-39-21(17)18)30-14-16-8-7-9-20(32-16)23(35)36/h7-10,12,15H,11,13-14H2,1-6H3,(H,30,31)(H,35,36). The number of aromatic carboxylic acids is 1. The van der Waals surface area contributed by atoms with Gasteiger partial charge in [0.1, 0.15) is 28.5 Å². The van der Waals surface area contributed by atoms with Gasteiger partial charge in [-0.1, -0.05) is 6.07 Å². The Balaban J connectivity index is 1.65. The average molecular weight is 565 g/mol. The maximum Gasteiger partial charge on any atom is 0.427 e. The Morgan fingerprint density at radius 2 is 1.68 bits per heavy atom. The van der Waals surface area contributed by atoms with Crippen LogP contribution in [-0.4, -0.2) is 61.0 Å². The molecular weight excluding hydrogens is 532 g/mol. The molecule has 1 aliphatic rings. The fourth-order valence-electron chi connectivity index (χ4n) is 3.85. The van der Waals surface area contributed by atoms with Gasteiger partial charge in [-0.2, -0.15) is 0 Å². The van der Waals surface area contributed by atoms with Crippen molar-refractivity contribution in [3.8, 4) is 17.0 Å². The van der Waals surface area contributed by atoms with Crippen molar-refractivity contribution < 1.29 is 33.7 Å². The Hall–Kier alpha value is -4.81. The van der Waals surface area contributed by atoms with Crippen LogP contribution < -0.4 is 15.0 Å². The lowest BCUT2D eigenvalue weighted by molar-refractivity contribution is 0.0426. The maximum atomic E-state index is 13.1. The van der Waals surface area contributed by atoms with Gasteiger partial charge in [0.25, 0.3) is 0 Å². The van der Waals surface area contributed by atoms with Gasteiger partial charge in [0, 0.05) is 24.4 Å². The van der Waals surface area contributed by atoms with Crippen LogP contribution >= 0.6 is 0 Å². The zero-order valence-corrected chi connectivity index (χ0v) is 23.7. The number of ether oxygens (including phenoxy) is 3. The Morgan fingerprint density at radius 1 is 1.00 bits per heavy atom. The number of rotatable bonds is 6. The number of nitrogens with zero attached hydrogens (tertiary/aromatic N) is 5. The number of imide groups is 1. The number of amides is 2. The fourth-order valence-corrected chi connectivity index (χ4v) is 3.85. The largest absolute Gasteiger partial charge is 0.492 e. The molecule has 0 spiro atoms. The zero-order valence-electron chi connectivity index (χ0n) is 23.7. The van der Waals surface area contributed by atoms with Gasteiger partial charge >= 0.3 is 18.2 Å². The first kappa shape index (κ1) is 29.2. The molecule has 1 aliphatic heterocycles. The van der Waals surface area contributed by atoms with E-state index in [1.165, 1.54) is 12.3 Å². The number of nitrogens with one attached hydrogen (secondary N) is 1. The predicted octanol–water partition coefficient (Wildman–Crippen LogP) is 4.86. The number of carbonyl (C=O) groups is 3. The molecule has 4 heterocycles. The van der Waals surface area contributed by atoms with Crippen molar-refractivity contribution in [2.24, 2.45) is 0 Å². The molecule has 3 aromatic heterocycles. The molecule has 3 aromatic rings. The fraction of sp³-hybridized carbons (Fsp3) is 0.393. The minimum Gasteiger partial charge on any atom is -0.492 e. The number of hydrogen-bond donors (Lipinski definition) is 2. The average Bonchev–Trinajstić information content (AvgIpc) is 3.36. The van der Waals surface area contributed by atoms with Crippen molar-refractivity contribution in [2.45, 2.75) is 65.7 Å². The van der Waals surface area contributed by atoms with Crippen molar-refractivity contribution in [1.82, 2.24) is 19.9 Å². The van der Waals surface area contributed by atoms with E-state index in [0.29, 0.717) is 46.4 Å². The third-order valence-corrected chi connectivity index (χ3v) is 5.46. The first-order chi connectivity index (χ1) is 19.2. The summed E-state index contributed by atoms with van der Waals surface area (Å²) in [6.45, 7) is 10.7. The lowest BCUT2D eigenvalue weighted by Crippen LogP contribution is -2.44. The van der Waals surface area contributed by atoms with E-state index in [0.717, 1.165) is 5.56 Å². The normalized spacial score (nSPS) is 12.6. The highest BCUT2D eigenvalue weighted by Gasteiger charge is 2.35. The second kappa shape index (κ2) is 11.4. The van der Waals surface area contributed by atoms with Crippen molar-refractivity contribution in [1.29, 1.82) is 0 Å². The minimum absolute atomic E-state index is 0.0486. The van der Waals surface area contributed by atoms with E-state index in [4.69, 9.17) is 14.2 Å². The molecule has 2 N–H and O–H groups in total. The molecule has 0 saturated carbocycles. The molecule has 41 heavy (non-hydrogen) atoms. The summed E-state index contributed by atoms with van der Waals surface area (Å²) >= 11 is 0. The van der Waals surface area contributed by atoms with Crippen LogP contribution in [0.1, 0.15) is 63.3 Å². The summed E-state index contributed by atoms with van der Waals surface area (Å²) in [5.74, 6) is -0.239. The highest BCUT2D eigenvalue weighted by molar-refractivity contribution is 6.08. The smallest absolute Gasteiger partial charge is 0.427 e. The first-order valence-corrected chi connectivity index (χ1v) is 12.9. The number of hydrogen-bond acceptors (Lipinski definition) is 11. The molecule has 0 unspecified atom stereocenters. The monoisotopic (exact) mass is 564 g/mol. The quantitative estimate of drug-likeness (QED) is 0.418. The van der Waals surface area contributed by atoms with Crippen molar-refractivity contribution in [3.63, 3.8) is 0 Å². The summed E-state index contributed by atoms with van der Waals surface area (Å²) in [6.07, 6.45) is 1.58. The predicted molar refractivity (Wildman–Crippen MR) is 148 cm³/mol. The summed E-state index contributed by atoms with van der Waals surface area (Å²) in [5, 5.41) is 12.4. The van der Waals surface area contributed by atoms with Crippen LogP contribution in [0, 0.1) is 0 Å². The van der Waals surface area contributed by atoms with Gasteiger partial charge in [-0.3, -0.25) is 0 Å². The molecule has 0 atom stereocenters. The van der Waals surface area contributed by atoms with Gasteiger partial charge < -0.3 is 24.6 Å². The third kappa shape index (κ3) is 7.24. The Bertz CT molecular complexity index is 1450. The van der Waals surface area contributed by atoms with Gasteiger partial charge in [0.05, 0.1) is 30.1 Å². The summed E-state index contributed by atoms with van der Waals surface area (Å²) in [6, 6.07) is 6.38. The van der Waals surface area contributed by atoms with Crippen LogP contribution in [0.3, 0.4) is 0 Å². The molecule has 0 aromatic carbocycles. The number of anilines is 2. The number of carboxylic acids is 1. The SMILES string of the molecule is CC(C)(C)OC(=O)N(C(=O)OC(C)(C)C)c1nccc(-c2cnc(NCc3cccc(C(=O)O)n3)c3c2OCC3)n1. The van der Waals surface area contributed by atoms with Crippen molar-refractivity contribution >= 4 is 29.9 Å². The van der Waals surface area contributed by atoms with E-state index in [-0.39, 0.29) is 18.2 Å². The van der Waals surface area contributed by atoms with Crippen LogP contribution in [-0.2, 0) is 22.4 Å². The van der Waals surface area contributed by atoms with Gasteiger partial charge in [-0.25, -0.2) is 34.3 Å². The van der Waals surface area contributed by atoms with E-state index in [1.54, 1.807) is 65.9 Å². The molecule has 13 nitrogen and oxygen atoms in total. The second-order valence-electron chi connectivity index (χ2n) is 11.1. The second-order valence-corrected chi connectivity index (χ2v) is 11.1. The van der Waals surface area contributed by atoms with Crippen LogP contribution in [0.25, 0.3) is 11.3 Å². The molecule has 0 fully saturated rings. The van der Waals surface area contributed by atoms with Crippen LogP contribution in [0.15, 0.2) is 36.7 Å². The maximum absolute atomic E-state index is 13.1. The van der Waals surface area contributed by atoms with Gasteiger partial charge in [0.2, 0.25) is 5.95 Å². The number of carbonyl (C=O) groups excluding carboxylic acids is 2. The van der Waals surface area contributed by atoms with Crippen molar-refractivity contribution in [3.05, 3.63) is 53.6 Å². The highest BCUT2D eigenvalue weighted by Crippen LogP contribution is 2.39. The molecule has 0 bridgehead atoms. The van der Waals surface area contributed by atoms with Crippen LogP contribution in [0.2, 0.25) is 0 Å². The zero-order chi connectivity index (χ0) is 29.9. The van der Waals surface area contributed by atoms with Gasteiger partial charge in [-0.15, -0.1) is 4.90 Å². The number of fused-ring (bicyclic) bond motifs is 1. The minimum atomic E-state index is -1.11. The molecule has 216 valence electrons. The Morgan fingerprint density at radius 3 is 2.32 bits per heavy atom. The summed E-state index contributed by atoms with van der Waals surface area (Å²) in [4.78, 5) is 55.3. The van der Waals surface area contributed by atoms with Gasteiger partial charge in [0.15, 0.2) is 0 Å². The third-order valence-electron chi connectivity index (χ3n) is 5.46. The van der Waals surface area contributed by atoms with E-state index in [2.05, 4.69) is 25.3 Å². The lowest BCUT2D eigenvalue weighted by Gasteiger charge is -2.27. The molecular formula is C28H32N6O7. The molecule has 2 amide bonds. The topological polar surface area (TPSA) is 166 Å². The van der Waals surface area contributed by atoms with Crippen LogP contribution in [0.5, 0.6) is 5.75 Å². The molecule has 4 rings (SSSR count). The number of carboxylic acid groups (broad SMARTS) is 1. The van der Waals surface area contributed by atoms with E-state index >= 15 is 0 Å². The number of aromatic nitrogens is 4. The van der Waals surface area contributed by atoms with E-state index in [9.17, 15) is 19.5 Å². The molecule has 0 aliphatic carbocycles. The van der Waals surface area contributed by atoms with Gasteiger partial charge in [-0.05, 0) is 59.7 Å². The number of pyridine rings is 2. The van der Waals surface area contributed by atoms with Crippen molar-refractivity contribution in [2.75, 3.05) is 16.8 Å². The Labute approximate surface area is 236 Å². The molecule has 0 saturated heterocycles. The Kier molecular flexibility index (Phi) is 8.08.